The zero-order valence-electron chi connectivity index (χ0n) is 12.6. The number of carbonyl (C=O) groups is 1. The molecule has 0 unspecified atom stereocenters. The molecule has 6 heteroatoms. The predicted octanol–water partition coefficient (Wildman–Crippen LogP) is 4.66. The lowest BCUT2D eigenvalue weighted by Crippen LogP contribution is -2.09. The van der Waals surface area contributed by atoms with Gasteiger partial charge in [0.05, 0.1) is 5.69 Å². The van der Waals surface area contributed by atoms with Gasteiger partial charge in [0.2, 0.25) is 0 Å². The molecule has 1 aromatic carbocycles. The van der Waals surface area contributed by atoms with Crippen molar-refractivity contribution >= 4 is 33.7 Å². The van der Waals surface area contributed by atoms with E-state index in [1.807, 2.05) is 24.3 Å². The van der Waals surface area contributed by atoms with Crippen molar-refractivity contribution in [2.45, 2.75) is 25.8 Å². The quantitative estimate of drug-likeness (QED) is 0.603. The van der Waals surface area contributed by atoms with Crippen molar-refractivity contribution in [3.05, 3.63) is 40.0 Å². The highest BCUT2D eigenvalue weighted by atomic mass is 79.9. The third-order valence-electron chi connectivity index (χ3n) is 2.93. The second-order valence-electron chi connectivity index (χ2n) is 5.33. The molecule has 0 aliphatic rings. The van der Waals surface area contributed by atoms with Gasteiger partial charge >= 0.3 is 5.97 Å². The normalized spacial score (nSPS) is 11.0. The summed E-state index contributed by atoms with van der Waals surface area (Å²) in [7, 11) is 0. The van der Waals surface area contributed by atoms with Gasteiger partial charge in [-0.25, -0.2) is 14.8 Å². The summed E-state index contributed by atoms with van der Waals surface area (Å²) < 4.78 is 0.976. The fourth-order valence-electron chi connectivity index (χ4n) is 1.87. The Balaban J connectivity index is 2.48. The summed E-state index contributed by atoms with van der Waals surface area (Å²) >= 11 is 4.86. The van der Waals surface area contributed by atoms with Gasteiger partial charge in [-0.15, -0.1) is 11.8 Å². The van der Waals surface area contributed by atoms with Crippen molar-refractivity contribution in [3.8, 4) is 11.4 Å². The Labute approximate surface area is 142 Å². The summed E-state index contributed by atoms with van der Waals surface area (Å²) in [4.78, 5) is 20.3. The van der Waals surface area contributed by atoms with Crippen LogP contribution in [0.25, 0.3) is 11.4 Å². The van der Waals surface area contributed by atoms with E-state index in [-0.39, 0.29) is 5.56 Å². The highest BCUT2D eigenvalue weighted by Gasteiger charge is 2.19. The van der Waals surface area contributed by atoms with E-state index in [1.165, 1.54) is 11.8 Å². The van der Waals surface area contributed by atoms with Crippen molar-refractivity contribution in [3.63, 3.8) is 0 Å². The molecule has 2 rings (SSSR count). The molecule has 22 heavy (non-hydrogen) atoms. The summed E-state index contributed by atoms with van der Waals surface area (Å²) in [5, 5.41) is 9.94. The lowest BCUT2D eigenvalue weighted by Gasteiger charge is -2.11. The molecule has 0 saturated carbocycles. The van der Waals surface area contributed by atoms with E-state index >= 15 is 0 Å². The Bertz CT molecular complexity index is 687. The zero-order chi connectivity index (χ0) is 16.3. The van der Waals surface area contributed by atoms with Crippen molar-refractivity contribution < 1.29 is 9.90 Å². The minimum Gasteiger partial charge on any atom is -0.478 e. The van der Waals surface area contributed by atoms with Crippen LogP contribution in [0.1, 0.15) is 29.9 Å². The van der Waals surface area contributed by atoms with E-state index in [0.29, 0.717) is 22.5 Å². The van der Waals surface area contributed by atoms with Crippen LogP contribution in [0.5, 0.6) is 0 Å². The fourth-order valence-corrected chi connectivity index (χ4v) is 3.16. The largest absolute Gasteiger partial charge is 0.478 e. The minimum atomic E-state index is -0.980. The second-order valence-corrected chi connectivity index (χ2v) is 7.25. The molecule has 1 N–H and O–H groups in total. The predicted molar refractivity (Wildman–Crippen MR) is 92.4 cm³/mol. The van der Waals surface area contributed by atoms with Gasteiger partial charge in [0.1, 0.15) is 10.6 Å². The molecule has 0 bridgehead atoms. The Kier molecular flexibility index (Phi) is 5.58. The number of benzene rings is 1. The molecule has 0 saturated heterocycles. The van der Waals surface area contributed by atoms with Crippen molar-refractivity contribution in [1.29, 1.82) is 0 Å². The molecule has 0 aliphatic carbocycles. The maximum atomic E-state index is 11.5. The van der Waals surface area contributed by atoms with Gasteiger partial charge in [-0.1, -0.05) is 41.9 Å². The number of aromatic carboxylic acids is 1. The average molecular weight is 381 g/mol. The lowest BCUT2D eigenvalue weighted by atomic mass is 10.2. The first-order valence-electron chi connectivity index (χ1n) is 6.89. The lowest BCUT2D eigenvalue weighted by molar-refractivity contribution is 0.0690. The monoisotopic (exact) mass is 380 g/mol. The number of hydrogen-bond acceptors (Lipinski definition) is 4. The van der Waals surface area contributed by atoms with E-state index < -0.39 is 5.97 Å². The van der Waals surface area contributed by atoms with E-state index in [2.05, 4.69) is 39.7 Å². The summed E-state index contributed by atoms with van der Waals surface area (Å²) in [5.74, 6) is 0.849. The third-order valence-corrected chi connectivity index (χ3v) is 4.86. The number of hydrogen-bond donors (Lipinski definition) is 1. The fraction of sp³-hybridized carbons (Fsp3) is 0.312. The summed E-state index contributed by atoms with van der Waals surface area (Å²) in [6, 6.07) is 7.66. The van der Waals surface area contributed by atoms with Crippen LogP contribution in [0.3, 0.4) is 0 Å². The van der Waals surface area contributed by atoms with E-state index in [9.17, 15) is 9.90 Å². The standard InChI is InChI=1S/C16H17BrN2O2S/c1-9(2)8-22-15-13(16(20)21)10(3)18-14(19-15)11-4-6-12(17)7-5-11/h4-7,9H,8H2,1-3H3,(H,20,21). The number of thioether (sulfide) groups is 1. The van der Waals surface area contributed by atoms with Gasteiger partial charge in [0, 0.05) is 15.8 Å². The van der Waals surface area contributed by atoms with Crippen LogP contribution in [-0.4, -0.2) is 26.8 Å². The third kappa shape index (κ3) is 4.08. The van der Waals surface area contributed by atoms with Crippen molar-refractivity contribution in [1.82, 2.24) is 9.97 Å². The van der Waals surface area contributed by atoms with Crippen LogP contribution in [0.15, 0.2) is 33.8 Å². The Hall–Kier alpha value is -1.40. The first kappa shape index (κ1) is 17.0. The van der Waals surface area contributed by atoms with Gasteiger partial charge in [-0.05, 0) is 25.0 Å². The Morgan fingerprint density at radius 3 is 2.45 bits per heavy atom. The topological polar surface area (TPSA) is 63.1 Å². The second kappa shape index (κ2) is 7.24. The van der Waals surface area contributed by atoms with Crippen LogP contribution >= 0.6 is 27.7 Å². The molecule has 0 amide bonds. The van der Waals surface area contributed by atoms with Crippen LogP contribution in [0, 0.1) is 12.8 Å². The Morgan fingerprint density at radius 2 is 1.91 bits per heavy atom. The molecule has 2 aromatic rings. The van der Waals surface area contributed by atoms with Gasteiger partial charge in [-0.2, -0.15) is 0 Å². The maximum absolute atomic E-state index is 11.5. The number of halogens is 1. The zero-order valence-corrected chi connectivity index (χ0v) is 15.0. The van der Waals surface area contributed by atoms with Crippen LogP contribution < -0.4 is 0 Å². The van der Waals surface area contributed by atoms with Crippen LogP contribution in [0.4, 0.5) is 0 Å². The first-order valence-corrected chi connectivity index (χ1v) is 8.67. The van der Waals surface area contributed by atoms with Crippen LogP contribution in [0.2, 0.25) is 0 Å². The van der Waals surface area contributed by atoms with Crippen LogP contribution in [-0.2, 0) is 0 Å². The Morgan fingerprint density at radius 1 is 1.27 bits per heavy atom. The SMILES string of the molecule is Cc1nc(-c2ccc(Br)cc2)nc(SCC(C)C)c1C(=O)O. The van der Waals surface area contributed by atoms with E-state index in [0.717, 1.165) is 15.8 Å². The van der Waals surface area contributed by atoms with Crippen molar-refractivity contribution in [2.24, 2.45) is 5.92 Å². The van der Waals surface area contributed by atoms with E-state index in [4.69, 9.17) is 0 Å². The van der Waals surface area contributed by atoms with Gasteiger partial charge in [0.15, 0.2) is 5.82 Å². The summed E-state index contributed by atoms with van der Waals surface area (Å²) in [6.07, 6.45) is 0. The van der Waals surface area contributed by atoms with Gasteiger partial charge < -0.3 is 5.11 Å². The smallest absolute Gasteiger partial charge is 0.340 e. The molecule has 4 nitrogen and oxygen atoms in total. The maximum Gasteiger partial charge on any atom is 0.340 e. The summed E-state index contributed by atoms with van der Waals surface area (Å²) in [5.41, 5.74) is 1.56. The highest BCUT2D eigenvalue weighted by molar-refractivity contribution is 9.10. The highest BCUT2D eigenvalue weighted by Crippen LogP contribution is 2.28. The summed E-state index contributed by atoms with van der Waals surface area (Å²) in [6.45, 7) is 5.90. The molecule has 1 heterocycles. The number of nitrogens with zero attached hydrogens (tertiary/aromatic N) is 2. The van der Waals surface area contributed by atoms with E-state index in [1.54, 1.807) is 6.92 Å². The number of carboxylic acid groups (broad SMARTS) is 1. The molecule has 116 valence electrons. The van der Waals surface area contributed by atoms with Crippen molar-refractivity contribution in [2.75, 3.05) is 5.75 Å². The van der Waals surface area contributed by atoms with Gasteiger partial charge in [-0.3, -0.25) is 0 Å². The number of rotatable bonds is 5. The molecular formula is C16H17BrN2O2S. The average Bonchev–Trinajstić information content (AvgIpc) is 2.44. The molecule has 1 aromatic heterocycles. The molecular weight excluding hydrogens is 364 g/mol. The number of aromatic nitrogens is 2. The first-order chi connectivity index (χ1) is 10.4. The molecule has 0 radical (unpaired) electrons. The van der Waals surface area contributed by atoms with Gasteiger partial charge in [0.25, 0.3) is 0 Å². The number of aryl methyl sites for hydroxylation is 1. The molecule has 0 fully saturated rings. The minimum absolute atomic E-state index is 0.200. The molecule has 0 aliphatic heterocycles. The molecule has 0 atom stereocenters. The molecule has 0 spiro atoms. The number of carboxylic acids is 1.